The molecule has 0 heterocycles. The number of nitrogens with two attached hydrogens (primary N) is 1. The number of rotatable bonds is 7. The van der Waals surface area contributed by atoms with Gasteiger partial charge in [0.2, 0.25) is 0 Å². The topological polar surface area (TPSA) is 55.5 Å². The van der Waals surface area contributed by atoms with Crippen LogP contribution in [0.1, 0.15) is 31.1 Å². The molecule has 0 aliphatic carbocycles. The maximum atomic E-state index is 8.97. The third-order valence-electron chi connectivity index (χ3n) is 2.84. The Morgan fingerprint density at radius 2 is 1.89 bits per heavy atom. The highest BCUT2D eigenvalue weighted by Crippen LogP contribution is 2.36. The minimum Gasteiger partial charge on any atom is -0.497 e. The highest BCUT2D eigenvalue weighted by molar-refractivity contribution is 8.00. The molecule has 3 N–H and O–H groups in total. The van der Waals surface area contributed by atoms with E-state index in [-0.39, 0.29) is 17.9 Å². The first-order valence-electron chi connectivity index (χ1n) is 6.24. The molecule has 1 aromatic carbocycles. The lowest BCUT2D eigenvalue weighted by Crippen LogP contribution is -2.24. The Balaban J connectivity index is 2.76. The fraction of sp³-hybridized carbons (Fsp3) is 0.571. The summed E-state index contributed by atoms with van der Waals surface area (Å²) in [5, 5.41) is 9.61. The van der Waals surface area contributed by atoms with Crippen LogP contribution in [-0.4, -0.2) is 30.1 Å². The maximum absolute atomic E-state index is 8.97. The largest absolute Gasteiger partial charge is 0.497 e. The third kappa shape index (κ3) is 4.52. The molecule has 0 bridgehead atoms. The standard InChI is InChI=1S/C14H23NO2S/c1-10(8-9-16)18-14(11(2)15)12-4-6-13(17-3)7-5-12/h4-7,10-11,14,16H,8-9,15H2,1-3H3. The molecule has 1 rings (SSSR count). The van der Waals surface area contributed by atoms with E-state index in [9.17, 15) is 0 Å². The molecule has 0 aliphatic heterocycles. The Bertz CT molecular complexity index is 340. The molecule has 18 heavy (non-hydrogen) atoms. The molecule has 0 fully saturated rings. The van der Waals surface area contributed by atoms with E-state index < -0.39 is 0 Å². The van der Waals surface area contributed by atoms with Gasteiger partial charge in [-0.1, -0.05) is 19.1 Å². The van der Waals surface area contributed by atoms with E-state index in [0.29, 0.717) is 5.25 Å². The quantitative estimate of drug-likeness (QED) is 0.799. The van der Waals surface area contributed by atoms with E-state index >= 15 is 0 Å². The summed E-state index contributed by atoms with van der Waals surface area (Å²) in [5.41, 5.74) is 7.28. The SMILES string of the molecule is COc1ccc(C(SC(C)CCO)C(C)N)cc1. The first-order valence-corrected chi connectivity index (χ1v) is 7.18. The molecule has 0 aliphatic rings. The van der Waals surface area contributed by atoms with Gasteiger partial charge >= 0.3 is 0 Å². The normalized spacial score (nSPS) is 16.1. The monoisotopic (exact) mass is 269 g/mol. The highest BCUT2D eigenvalue weighted by Gasteiger charge is 2.19. The molecule has 0 saturated heterocycles. The number of ether oxygens (including phenoxy) is 1. The fourth-order valence-electron chi connectivity index (χ4n) is 1.80. The molecular formula is C14H23NO2S. The molecule has 0 spiro atoms. The van der Waals surface area contributed by atoms with Gasteiger partial charge in [0.15, 0.2) is 0 Å². The first kappa shape index (κ1) is 15.3. The van der Waals surface area contributed by atoms with Gasteiger partial charge in [-0.25, -0.2) is 0 Å². The van der Waals surface area contributed by atoms with Gasteiger partial charge in [0.25, 0.3) is 0 Å². The van der Waals surface area contributed by atoms with Crippen molar-refractivity contribution in [2.75, 3.05) is 13.7 Å². The molecule has 102 valence electrons. The molecule has 0 amide bonds. The summed E-state index contributed by atoms with van der Waals surface area (Å²) in [4.78, 5) is 0. The minimum atomic E-state index is 0.0736. The summed E-state index contributed by atoms with van der Waals surface area (Å²) >= 11 is 1.82. The van der Waals surface area contributed by atoms with Crippen molar-refractivity contribution in [3.05, 3.63) is 29.8 Å². The Labute approximate surface area is 114 Å². The average Bonchev–Trinajstić information content (AvgIpc) is 2.36. The highest BCUT2D eigenvalue weighted by atomic mass is 32.2. The van der Waals surface area contributed by atoms with E-state index in [0.717, 1.165) is 12.2 Å². The smallest absolute Gasteiger partial charge is 0.118 e. The van der Waals surface area contributed by atoms with Crippen molar-refractivity contribution in [1.82, 2.24) is 0 Å². The van der Waals surface area contributed by atoms with E-state index in [4.69, 9.17) is 15.6 Å². The second kappa shape index (κ2) is 7.67. The molecule has 0 aromatic heterocycles. The van der Waals surface area contributed by atoms with Gasteiger partial charge in [-0.2, -0.15) is 0 Å². The lowest BCUT2D eigenvalue weighted by molar-refractivity contribution is 0.288. The average molecular weight is 269 g/mol. The molecule has 3 atom stereocenters. The van der Waals surface area contributed by atoms with Crippen molar-refractivity contribution in [3.63, 3.8) is 0 Å². The van der Waals surface area contributed by atoms with E-state index in [1.807, 2.05) is 30.8 Å². The summed E-state index contributed by atoms with van der Waals surface area (Å²) in [6.45, 7) is 4.37. The number of benzene rings is 1. The van der Waals surface area contributed by atoms with Crippen molar-refractivity contribution in [2.24, 2.45) is 5.73 Å². The molecular weight excluding hydrogens is 246 g/mol. The Morgan fingerprint density at radius 1 is 1.28 bits per heavy atom. The zero-order valence-electron chi connectivity index (χ0n) is 11.3. The number of aliphatic hydroxyl groups excluding tert-OH is 1. The molecule has 0 saturated carbocycles. The van der Waals surface area contributed by atoms with Crippen molar-refractivity contribution in [3.8, 4) is 5.75 Å². The summed E-state index contributed by atoms with van der Waals surface area (Å²) in [6.07, 6.45) is 0.796. The van der Waals surface area contributed by atoms with Crippen molar-refractivity contribution in [1.29, 1.82) is 0 Å². The maximum Gasteiger partial charge on any atom is 0.118 e. The van der Waals surface area contributed by atoms with Crippen molar-refractivity contribution >= 4 is 11.8 Å². The number of methoxy groups -OCH3 is 1. The van der Waals surface area contributed by atoms with E-state index in [1.165, 1.54) is 5.56 Å². The summed E-state index contributed by atoms with van der Waals surface area (Å²) < 4.78 is 5.16. The van der Waals surface area contributed by atoms with Gasteiger partial charge in [0.1, 0.15) is 5.75 Å². The molecule has 4 heteroatoms. The predicted octanol–water partition coefficient (Wildman–Crippen LogP) is 2.59. The summed E-state index contributed by atoms with van der Waals surface area (Å²) in [7, 11) is 1.66. The van der Waals surface area contributed by atoms with Crippen LogP contribution in [0.5, 0.6) is 5.75 Å². The summed E-state index contributed by atoms with van der Waals surface area (Å²) in [5.74, 6) is 0.857. The molecule has 3 unspecified atom stereocenters. The van der Waals surface area contributed by atoms with Crippen LogP contribution >= 0.6 is 11.8 Å². The van der Waals surface area contributed by atoms with Crippen LogP contribution in [0.15, 0.2) is 24.3 Å². The number of aliphatic hydroxyl groups is 1. The minimum absolute atomic E-state index is 0.0736. The molecule has 0 radical (unpaired) electrons. The lowest BCUT2D eigenvalue weighted by Gasteiger charge is -2.24. The van der Waals surface area contributed by atoms with Crippen molar-refractivity contribution < 1.29 is 9.84 Å². The second-order valence-electron chi connectivity index (χ2n) is 4.51. The van der Waals surface area contributed by atoms with E-state index in [1.54, 1.807) is 7.11 Å². The van der Waals surface area contributed by atoms with Crippen molar-refractivity contribution in [2.45, 2.75) is 36.8 Å². The van der Waals surface area contributed by atoms with Crippen LogP contribution in [0.4, 0.5) is 0 Å². The molecule has 3 nitrogen and oxygen atoms in total. The van der Waals surface area contributed by atoms with Gasteiger partial charge in [-0.05, 0) is 31.0 Å². The van der Waals surface area contributed by atoms with Crippen LogP contribution < -0.4 is 10.5 Å². The van der Waals surface area contributed by atoms with Crippen LogP contribution in [-0.2, 0) is 0 Å². The van der Waals surface area contributed by atoms with Crippen LogP contribution in [0.2, 0.25) is 0 Å². The van der Waals surface area contributed by atoms with E-state index in [2.05, 4.69) is 19.1 Å². The number of thioether (sulfide) groups is 1. The van der Waals surface area contributed by atoms with Gasteiger partial charge in [-0.3, -0.25) is 0 Å². The van der Waals surface area contributed by atoms with Gasteiger partial charge in [-0.15, -0.1) is 11.8 Å². The van der Waals surface area contributed by atoms with Gasteiger partial charge in [0, 0.05) is 23.1 Å². The number of hydrogen-bond donors (Lipinski definition) is 2. The number of hydrogen-bond acceptors (Lipinski definition) is 4. The fourth-order valence-corrected chi connectivity index (χ4v) is 3.10. The molecule has 1 aromatic rings. The Morgan fingerprint density at radius 3 is 2.33 bits per heavy atom. The lowest BCUT2D eigenvalue weighted by atomic mass is 10.1. The first-order chi connectivity index (χ1) is 8.58. The van der Waals surface area contributed by atoms with Crippen LogP contribution in [0.3, 0.4) is 0 Å². The second-order valence-corrected chi connectivity index (χ2v) is 6.10. The Hall–Kier alpha value is -0.710. The Kier molecular flexibility index (Phi) is 6.54. The zero-order chi connectivity index (χ0) is 13.5. The predicted molar refractivity (Wildman–Crippen MR) is 78.1 cm³/mol. The zero-order valence-corrected chi connectivity index (χ0v) is 12.1. The van der Waals surface area contributed by atoms with Crippen LogP contribution in [0, 0.1) is 0 Å². The van der Waals surface area contributed by atoms with Gasteiger partial charge < -0.3 is 15.6 Å². The van der Waals surface area contributed by atoms with Crippen LogP contribution in [0.25, 0.3) is 0 Å². The third-order valence-corrected chi connectivity index (χ3v) is 4.53. The summed E-state index contributed by atoms with van der Waals surface area (Å²) in [6, 6.07) is 8.12. The van der Waals surface area contributed by atoms with Gasteiger partial charge in [0.05, 0.1) is 7.11 Å².